The van der Waals surface area contributed by atoms with Gasteiger partial charge in [-0.15, -0.1) is 0 Å². The van der Waals surface area contributed by atoms with Gasteiger partial charge in [-0.05, 0) is 13.0 Å². The fraction of sp³-hybridized carbons (Fsp3) is 0.308. The Morgan fingerprint density at radius 1 is 1.47 bits per heavy atom. The predicted octanol–water partition coefficient (Wildman–Crippen LogP) is 1.80. The highest BCUT2D eigenvalue weighted by Crippen LogP contribution is 2.15. The van der Waals surface area contributed by atoms with Gasteiger partial charge in [0.15, 0.2) is 5.69 Å². The summed E-state index contributed by atoms with van der Waals surface area (Å²) in [5, 5.41) is 0. The van der Waals surface area contributed by atoms with Gasteiger partial charge in [0.1, 0.15) is 11.6 Å². The molecule has 0 aliphatic rings. The van der Waals surface area contributed by atoms with Crippen LogP contribution in [-0.4, -0.2) is 30.1 Å². The summed E-state index contributed by atoms with van der Waals surface area (Å²) >= 11 is 0. The zero-order valence-electron chi connectivity index (χ0n) is 11.1. The van der Waals surface area contributed by atoms with Crippen molar-refractivity contribution in [2.45, 2.75) is 13.5 Å². The van der Waals surface area contributed by atoms with Crippen molar-refractivity contribution >= 4 is 11.8 Å². The third-order valence-corrected chi connectivity index (χ3v) is 2.78. The van der Waals surface area contributed by atoms with Gasteiger partial charge in [-0.1, -0.05) is 0 Å². The molecule has 2 rings (SSSR count). The highest BCUT2D eigenvalue weighted by atomic mass is 16.5. The first-order chi connectivity index (χ1) is 9.11. The van der Waals surface area contributed by atoms with Crippen molar-refractivity contribution in [1.29, 1.82) is 0 Å². The minimum atomic E-state index is -0.498. The van der Waals surface area contributed by atoms with Crippen LogP contribution in [0.2, 0.25) is 0 Å². The van der Waals surface area contributed by atoms with E-state index in [0.717, 1.165) is 11.3 Å². The van der Waals surface area contributed by atoms with Crippen LogP contribution in [0.3, 0.4) is 0 Å². The Bertz CT molecular complexity index is 580. The Kier molecular flexibility index (Phi) is 3.79. The Morgan fingerprint density at radius 3 is 2.89 bits per heavy atom. The van der Waals surface area contributed by atoms with E-state index in [9.17, 15) is 4.79 Å². The van der Waals surface area contributed by atoms with Crippen molar-refractivity contribution in [3.63, 3.8) is 0 Å². The van der Waals surface area contributed by atoms with Crippen LogP contribution in [0.1, 0.15) is 21.8 Å². The van der Waals surface area contributed by atoms with E-state index >= 15 is 0 Å². The molecule has 6 nitrogen and oxygen atoms in total. The Hall–Kier alpha value is -2.37. The largest absolute Gasteiger partial charge is 0.469 e. The second-order valence-electron chi connectivity index (χ2n) is 4.11. The second kappa shape index (κ2) is 5.51. The number of rotatable bonds is 4. The number of carbonyl (C=O) groups is 1. The van der Waals surface area contributed by atoms with Gasteiger partial charge in [0, 0.05) is 19.2 Å². The molecule has 0 spiro atoms. The lowest BCUT2D eigenvalue weighted by Gasteiger charge is -2.17. The number of carbonyl (C=O) groups excluding carboxylic acids is 1. The Labute approximate surface area is 111 Å². The number of anilines is 1. The molecule has 2 heterocycles. The summed E-state index contributed by atoms with van der Waals surface area (Å²) in [6.45, 7) is 2.53. The van der Waals surface area contributed by atoms with Gasteiger partial charge < -0.3 is 14.1 Å². The molecule has 0 amide bonds. The lowest BCUT2D eigenvalue weighted by Crippen LogP contribution is -2.19. The number of ether oxygens (including phenoxy) is 1. The van der Waals surface area contributed by atoms with Gasteiger partial charge in [0.25, 0.3) is 0 Å². The Morgan fingerprint density at radius 2 is 2.26 bits per heavy atom. The van der Waals surface area contributed by atoms with Gasteiger partial charge in [-0.2, -0.15) is 0 Å². The molecule has 6 heteroatoms. The van der Waals surface area contributed by atoms with Gasteiger partial charge in [-0.3, -0.25) is 4.98 Å². The van der Waals surface area contributed by atoms with E-state index in [1.807, 2.05) is 24.9 Å². The normalized spacial score (nSPS) is 10.3. The number of hydrogen-bond donors (Lipinski definition) is 0. The number of esters is 1. The van der Waals surface area contributed by atoms with Crippen LogP contribution < -0.4 is 4.90 Å². The molecule has 0 N–H and O–H groups in total. The van der Waals surface area contributed by atoms with Crippen LogP contribution in [-0.2, 0) is 11.3 Å². The molecule has 0 unspecified atom stereocenters. The van der Waals surface area contributed by atoms with Gasteiger partial charge in [0.2, 0.25) is 0 Å². The molecule has 0 fully saturated rings. The first kappa shape index (κ1) is 13.1. The molecule has 0 saturated heterocycles. The molecule has 0 atom stereocenters. The third kappa shape index (κ3) is 2.90. The molecule has 19 heavy (non-hydrogen) atoms. The summed E-state index contributed by atoms with van der Waals surface area (Å²) < 4.78 is 9.86. The van der Waals surface area contributed by atoms with E-state index in [4.69, 9.17) is 4.42 Å². The van der Waals surface area contributed by atoms with Gasteiger partial charge in [-0.25, -0.2) is 9.78 Å². The minimum absolute atomic E-state index is 0.191. The Balaban J connectivity index is 2.17. The lowest BCUT2D eigenvalue weighted by atomic mass is 10.2. The SMILES string of the molecule is COC(=O)c1cncc(N(C)Cc2ccoc2C)n1. The van der Waals surface area contributed by atoms with Gasteiger partial charge >= 0.3 is 5.97 Å². The fourth-order valence-corrected chi connectivity index (χ4v) is 1.65. The van der Waals surface area contributed by atoms with Crippen LogP contribution in [0.5, 0.6) is 0 Å². The number of aryl methyl sites for hydroxylation is 1. The summed E-state index contributed by atoms with van der Waals surface area (Å²) in [5.41, 5.74) is 1.25. The van der Waals surface area contributed by atoms with E-state index in [2.05, 4.69) is 14.7 Å². The van der Waals surface area contributed by atoms with Crippen molar-refractivity contribution in [2.75, 3.05) is 19.1 Å². The summed E-state index contributed by atoms with van der Waals surface area (Å²) in [6, 6.07) is 1.91. The smallest absolute Gasteiger partial charge is 0.358 e. The highest BCUT2D eigenvalue weighted by Gasteiger charge is 2.12. The molecular weight excluding hydrogens is 246 g/mol. The van der Waals surface area contributed by atoms with Crippen molar-refractivity contribution in [2.24, 2.45) is 0 Å². The molecule has 0 bridgehead atoms. The maximum Gasteiger partial charge on any atom is 0.358 e. The maximum absolute atomic E-state index is 11.4. The van der Waals surface area contributed by atoms with Gasteiger partial charge in [0.05, 0.1) is 25.8 Å². The van der Waals surface area contributed by atoms with E-state index in [-0.39, 0.29) is 5.69 Å². The van der Waals surface area contributed by atoms with E-state index in [0.29, 0.717) is 12.4 Å². The topological polar surface area (TPSA) is 68.5 Å². The highest BCUT2D eigenvalue weighted by molar-refractivity contribution is 5.87. The van der Waals surface area contributed by atoms with Crippen LogP contribution >= 0.6 is 0 Å². The summed E-state index contributed by atoms with van der Waals surface area (Å²) in [6.07, 6.45) is 4.63. The first-order valence-electron chi connectivity index (χ1n) is 5.76. The average Bonchev–Trinajstić information content (AvgIpc) is 2.83. The molecule has 0 aliphatic heterocycles. The number of methoxy groups -OCH3 is 1. The third-order valence-electron chi connectivity index (χ3n) is 2.78. The standard InChI is InChI=1S/C13H15N3O3/c1-9-10(4-5-19-9)8-16(2)12-7-14-6-11(15-12)13(17)18-3/h4-7H,8H2,1-3H3. The number of furan rings is 1. The number of nitrogens with zero attached hydrogens (tertiary/aromatic N) is 3. The van der Waals surface area contributed by atoms with Crippen LogP contribution in [0, 0.1) is 6.92 Å². The summed E-state index contributed by atoms with van der Waals surface area (Å²) in [5.74, 6) is 0.967. The zero-order chi connectivity index (χ0) is 13.8. The maximum atomic E-state index is 11.4. The molecule has 0 saturated carbocycles. The van der Waals surface area contributed by atoms with Crippen LogP contribution in [0.4, 0.5) is 5.82 Å². The number of aromatic nitrogens is 2. The molecule has 100 valence electrons. The van der Waals surface area contributed by atoms with Crippen LogP contribution in [0.25, 0.3) is 0 Å². The minimum Gasteiger partial charge on any atom is -0.469 e. The number of hydrogen-bond acceptors (Lipinski definition) is 6. The van der Waals surface area contributed by atoms with E-state index < -0.39 is 5.97 Å². The lowest BCUT2D eigenvalue weighted by molar-refractivity contribution is 0.0593. The molecule has 0 aromatic carbocycles. The van der Waals surface area contributed by atoms with E-state index in [1.54, 1.807) is 12.5 Å². The second-order valence-corrected chi connectivity index (χ2v) is 4.11. The molecule has 0 radical (unpaired) electrons. The fourth-order valence-electron chi connectivity index (χ4n) is 1.65. The molecule has 2 aromatic heterocycles. The summed E-state index contributed by atoms with van der Waals surface area (Å²) in [4.78, 5) is 21.5. The van der Waals surface area contributed by atoms with Crippen molar-refractivity contribution in [1.82, 2.24) is 9.97 Å². The first-order valence-corrected chi connectivity index (χ1v) is 5.76. The zero-order valence-corrected chi connectivity index (χ0v) is 11.1. The van der Waals surface area contributed by atoms with Crippen LogP contribution in [0.15, 0.2) is 29.1 Å². The van der Waals surface area contributed by atoms with E-state index in [1.165, 1.54) is 13.3 Å². The average molecular weight is 261 g/mol. The summed E-state index contributed by atoms with van der Waals surface area (Å²) in [7, 11) is 3.19. The monoisotopic (exact) mass is 261 g/mol. The molecule has 0 aliphatic carbocycles. The quantitative estimate of drug-likeness (QED) is 0.782. The van der Waals surface area contributed by atoms with Crippen molar-refractivity contribution < 1.29 is 13.9 Å². The molecule has 2 aromatic rings. The van der Waals surface area contributed by atoms with Crippen molar-refractivity contribution in [3.05, 3.63) is 41.7 Å². The predicted molar refractivity (Wildman–Crippen MR) is 68.9 cm³/mol. The van der Waals surface area contributed by atoms with Crippen molar-refractivity contribution in [3.8, 4) is 0 Å². The molecular formula is C13H15N3O3.